The van der Waals surface area contributed by atoms with Crippen LogP contribution in [0.15, 0.2) is 0 Å². The van der Waals surface area contributed by atoms with Crippen LogP contribution in [-0.2, 0) is 4.79 Å². The number of carbonyl (C=O) groups is 1. The van der Waals surface area contributed by atoms with Crippen molar-refractivity contribution >= 4 is 5.91 Å². The van der Waals surface area contributed by atoms with E-state index in [4.69, 9.17) is 10.8 Å². The molecule has 5 nitrogen and oxygen atoms in total. The van der Waals surface area contributed by atoms with Crippen LogP contribution in [-0.4, -0.2) is 66.2 Å². The monoisotopic (exact) mass is 297 g/mol. The largest absolute Gasteiger partial charge is 0.395 e. The minimum atomic E-state index is 0.206. The first-order valence-electron chi connectivity index (χ1n) is 8.55. The minimum absolute atomic E-state index is 0.206. The molecule has 0 atom stereocenters. The number of β-amino-alcohol motifs (C(OH)–C–C–N with tert-alkyl or cyclic N) is 1. The second-order valence-electron chi connectivity index (χ2n) is 6.62. The molecule has 0 spiro atoms. The summed E-state index contributed by atoms with van der Waals surface area (Å²) in [5, 5.41) is 9.00. The first-order chi connectivity index (χ1) is 10.2. The van der Waals surface area contributed by atoms with E-state index in [9.17, 15) is 4.79 Å². The lowest BCUT2D eigenvalue weighted by Gasteiger charge is -2.27. The molecule has 2 aliphatic rings. The molecule has 0 radical (unpaired) electrons. The second-order valence-corrected chi connectivity index (χ2v) is 6.62. The fourth-order valence-electron chi connectivity index (χ4n) is 3.55. The lowest BCUT2D eigenvalue weighted by molar-refractivity contribution is -0.131. The van der Waals surface area contributed by atoms with E-state index in [-0.39, 0.29) is 6.61 Å². The average Bonchev–Trinajstić information content (AvgIpc) is 2.72. The van der Waals surface area contributed by atoms with E-state index in [1.807, 2.05) is 4.90 Å². The zero-order valence-electron chi connectivity index (χ0n) is 13.2. The summed E-state index contributed by atoms with van der Waals surface area (Å²) in [6.45, 7) is 4.50. The molecule has 1 saturated heterocycles. The zero-order chi connectivity index (χ0) is 15.1. The predicted octanol–water partition coefficient (Wildman–Crippen LogP) is 0.811. The van der Waals surface area contributed by atoms with Gasteiger partial charge in [0.1, 0.15) is 0 Å². The summed E-state index contributed by atoms with van der Waals surface area (Å²) in [6, 6.07) is 0.389. The van der Waals surface area contributed by atoms with Crippen molar-refractivity contribution in [1.82, 2.24) is 9.80 Å². The van der Waals surface area contributed by atoms with E-state index in [1.54, 1.807) is 0 Å². The van der Waals surface area contributed by atoms with E-state index in [0.717, 1.165) is 58.4 Å². The molecule has 0 unspecified atom stereocenters. The van der Waals surface area contributed by atoms with Crippen LogP contribution in [0.4, 0.5) is 0 Å². The normalized spacial score (nSPS) is 28.4. The molecule has 2 fully saturated rings. The van der Waals surface area contributed by atoms with E-state index < -0.39 is 0 Å². The molecule has 1 amide bonds. The van der Waals surface area contributed by atoms with E-state index in [2.05, 4.69) is 4.90 Å². The highest BCUT2D eigenvalue weighted by Gasteiger charge is 2.22. The molecule has 0 aromatic rings. The molecule has 2 rings (SSSR count). The number of carbonyl (C=O) groups excluding carboxylic acids is 1. The molecule has 3 N–H and O–H groups in total. The van der Waals surface area contributed by atoms with Gasteiger partial charge in [0.15, 0.2) is 0 Å². The van der Waals surface area contributed by atoms with Crippen molar-refractivity contribution in [3.8, 4) is 0 Å². The van der Waals surface area contributed by atoms with Gasteiger partial charge in [-0.3, -0.25) is 9.69 Å². The lowest BCUT2D eigenvalue weighted by atomic mass is 9.84. The van der Waals surface area contributed by atoms with Crippen molar-refractivity contribution in [2.45, 2.75) is 51.0 Å². The first-order valence-corrected chi connectivity index (χ1v) is 8.55. The van der Waals surface area contributed by atoms with Gasteiger partial charge in [-0.1, -0.05) is 0 Å². The summed E-state index contributed by atoms with van der Waals surface area (Å²) < 4.78 is 0. The third-order valence-electron chi connectivity index (χ3n) is 5.02. The molecule has 1 aliphatic carbocycles. The van der Waals surface area contributed by atoms with Crippen molar-refractivity contribution in [1.29, 1.82) is 0 Å². The van der Waals surface area contributed by atoms with Gasteiger partial charge in [-0.25, -0.2) is 0 Å². The Kier molecular flexibility index (Phi) is 6.93. The quantitative estimate of drug-likeness (QED) is 0.788. The van der Waals surface area contributed by atoms with Crippen molar-refractivity contribution in [3.05, 3.63) is 0 Å². The molecule has 0 aromatic carbocycles. The molecule has 21 heavy (non-hydrogen) atoms. The Labute approximate surface area is 128 Å². The van der Waals surface area contributed by atoms with E-state index in [0.29, 0.717) is 24.3 Å². The Morgan fingerprint density at radius 2 is 1.86 bits per heavy atom. The van der Waals surface area contributed by atoms with Crippen molar-refractivity contribution in [2.24, 2.45) is 11.7 Å². The maximum atomic E-state index is 12.4. The number of hydrogen-bond acceptors (Lipinski definition) is 4. The summed E-state index contributed by atoms with van der Waals surface area (Å²) in [7, 11) is 0. The van der Waals surface area contributed by atoms with Gasteiger partial charge in [0, 0.05) is 38.6 Å². The SMILES string of the molecule is NC1CCC(CCC(=O)N2CCCN(CCO)CC2)CC1. The summed E-state index contributed by atoms with van der Waals surface area (Å²) in [5.41, 5.74) is 5.93. The predicted molar refractivity (Wildman–Crippen MR) is 83.9 cm³/mol. The number of aliphatic hydroxyl groups is 1. The van der Waals surface area contributed by atoms with Crippen LogP contribution in [0.3, 0.4) is 0 Å². The first kappa shape index (κ1) is 16.7. The van der Waals surface area contributed by atoms with Crippen LogP contribution in [0.1, 0.15) is 44.9 Å². The fraction of sp³-hybridized carbons (Fsp3) is 0.938. The van der Waals surface area contributed by atoms with Gasteiger partial charge in [0.2, 0.25) is 5.91 Å². The Hall–Kier alpha value is -0.650. The van der Waals surface area contributed by atoms with Gasteiger partial charge in [0.25, 0.3) is 0 Å². The molecule has 1 heterocycles. The number of hydrogen-bond donors (Lipinski definition) is 2. The number of amides is 1. The Morgan fingerprint density at radius 3 is 2.57 bits per heavy atom. The Bertz CT molecular complexity index is 317. The fourth-order valence-corrected chi connectivity index (χ4v) is 3.55. The van der Waals surface area contributed by atoms with E-state index >= 15 is 0 Å². The summed E-state index contributed by atoms with van der Waals surface area (Å²) in [4.78, 5) is 16.6. The number of nitrogens with two attached hydrogens (primary N) is 1. The maximum absolute atomic E-state index is 12.4. The summed E-state index contributed by atoms with van der Waals surface area (Å²) in [6.07, 6.45) is 7.38. The van der Waals surface area contributed by atoms with Crippen LogP contribution in [0.25, 0.3) is 0 Å². The second kappa shape index (κ2) is 8.71. The van der Waals surface area contributed by atoms with Crippen LogP contribution in [0.2, 0.25) is 0 Å². The Morgan fingerprint density at radius 1 is 1.10 bits per heavy atom. The van der Waals surface area contributed by atoms with Crippen molar-refractivity contribution in [3.63, 3.8) is 0 Å². The van der Waals surface area contributed by atoms with Gasteiger partial charge >= 0.3 is 0 Å². The number of aliphatic hydroxyl groups excluding tert-OH is 1. The molecular weight excluding hydrogens is 266 g/mol. The van der Waals surface area contributed by atoms with Gasteiger partial charge in [-0.15, -0.1) is 0 Å². The molecule has 5 heteroatoms. The highest BCUT2D eigenvalue weighted by Crippen LogP contribution is 2.27. The third kappa shape index (κ3) is 5.57. The maximum Gasteiger partial charge on any atom is 0.222 e. The summed E-state index contributed by atoms with van der Waals surface area (Å²) in [5.74, 6) is 1.02. The van der Waals surface area contributed by atoms with Gasteiger partial charge in [-0.2, -0.15) is 0 Å². The zero-order valence-corrected chi connectivity index (χ0v) is 13.2. The average molecular weight is 297 g/mol. The lowest BCUT2D eigenvalue weighted by Crippen LogP contribution is -2.36. The van der Waals surface area contributed by atoms with E-state index in [1.165, 1.54) is 12.8 Å². The van der Waals surface area contributed by atoms with Crippen LogP contribution >= 0.6 is 0 Å². The molecular formula is C16H31N3O2. The molecule has 0 aromatic heterocycles. The van der Waals surface area contributed by atoms with Crippen LogP contribution in [0, 0.1) is 5.92 Å². The van der Waals surface area contributed by atoms with Gasteiger partial charge < -0.3 is 15.7 Å². The third-order valence-corrected chi connectivity index (χ3v) is 5.02. The smallest absolute Gasteiger partial charge is 0.222 e. The Balaban J connectivity index is 1.68. The number of rotatable bonds is 5. The molecule has 122 valence electrons. The molecule has 1 saturated carbocycles. The highest BCUT2D eigenvalue weighted by molar-refractivity contribution is 5.76. The minimum Gasteiger partial charge on any atom is -0.395 e. The van der Waals surface area contributed by atoms with Gasteiger partial charge in [-0.05, 0) is 51.0 Å². The van der Waals surface area contributed by atoms with Crippen LogP contribution < -0.4 is 5.73 Å². The molecule has 0 bridgehead atoms. The topological polar surface area (TPSA) is 69.8 Å². The number of nitrogens with zero attached hydrogens (tertiary/aromatic N) is 2. The highest BCUT2D eigenvalue weighted by atomic mass is 16.3. The summed E-state index contributed by atoms with van der Waals surface area (Å²) >= 11 is 0. The van der Waals surface area contributed by atoms with Gasteiger partial charge in [0.05, 0.1) is 6.61 Å². The standard InChI is InChI=1S/C16H31N3O2/c17-15-5-2-14(3-6-15)4-7-16(21)19-9-1-8-18(10-11-19)12-13-20/h14-15,20H,1-13,17H2. The van der Waals surface area contributed by atoms with Crippen molar-refractivity contribution in [2.75, 3.05) is 39.3 Å². The van der Waals surface area contributed by atoms with Crippen LogP contribution in [0.5, 0.6) is 0 Å². The molecule has 1 aliphatic heterocycles. The van der Waals surface area contributed by atoms with Crippen molar-refractivity contribution < 1.29 is 9.90 Å².